The maximum absolute atomic E-state index is 12.0. The third-order valence-electron chi connectivity index (χ3n) is 3.28. The molecule has 0 unspecified atom stereocenters. The van der Waals surface area contributed by atoms with Crippen LogP contribution in [-0.4, -0.2) is 28.8 Å². The third-order valence-corrected chi connectivity index (χ3v) is 3.28. The zero-order valence-corrected chi connectivity index (χ0v) is 13.0. The van der Waals surface area contributed by atoms with Crippen molar-refractivity contribution >= 4 is 17.3 Å². The van der Waals surface area contributed by atoms with Crippen molar-refractivity contribution in [2.45, 2.75) is 6.92 Å². The van der Waals surface area contributed by atoms with Gasteiger partial charge in [0.1, 0.15) is 5.75 Å². The molecule has 1 amide bonds. The number of hydrogen-bond acceptors (Lipinski definition) is 6. The molecular formula is C16H15N3O5. The van der Waals surface area contributed by atoms with Gasteiger partial charge in [-0.05, 0) is 37.3 Å². The van der Waals surface area contributed by atoms with Crippen LogP contribution >= 0.6 is 0 Å². The monoisotopic (exact) mass is 329 g/mol. The van der Waals surface area contributed by atoms with E-state index in [0.29, 0.717) is 11.3 Å². The molecule has 2 rings (SSSR count). The Bertz CT molecular complexity index is 800. The molecule has 2 aromatic carbocycles. The van der Waals surface area contributed by atoms with Crippen molar-refractivity contribution < 1.29 is 19.6 Å². The maximum Gasteiger partial charge on any atom is 0.311 e. The lowest BCUT2D eigenvalue weighted by Crippen LogP contribution is -2.19. The van der Waals surface area contributed by atoms with E-state index in [-0.39, 0.29) is 11.3 Å². The second-order valence-corrected chi connectivity index (χ2v) is 4.80. The van der Waals surface area contributed by atoms with E-state index >= 15 is 0 Å². The van der Waals surface area contributed by atoms with Crippen LogP contribution in [0.5, 0.6) is 11.5 Å². The fourth-order valence-electron chi connectivity index (χ4n) is 1.97. The van der Waals surface area contributed by atoms with Crippen molar-refractivity contribution in [2.75, 3.05) is 7.11 Å². The summed E-state index contributed by atoms with van der Waals surface area (Å²) in [6.45, 7) is 1.52. The lowest BCUT2D eigenvalue weighted by Gasteiger charge is -2.06. The Hall–Kier alpha value is -3.42. The third kappa shape index (κ3) is 3.67. The van der Waals surface area contributed by atoms with Crippen LogP contribution in [0, 0.1) is 10.1 Å². The molecule has 0 fully saturated rings. The molecule has 0 bridgehead atoms. The number of para-hydroxylation sites is 1. The van der Waals surface area contributed by atoms with Crippen LogP contribution in [0.25, 0.3) is 0 Å². The molecule has 0 aromatic heterocycles. The van der Waals surface area contributed by atoms with Crippen LogP contribution in [0.3, 0.4) is 0 Å². The Morgan fingerprint density at radius 3 is 2.50 bits per heavy atom. The zero-order valence-electron chi connectivity index (χ0n) is 13.0. The first-order valence-corrected chi connectivity index (χ1v) is 6.89. The Kier molecular flexibility index (Phi) is 5.10. The molecule has 0 spiro atoms. The summed E-state index contributed by atoms with van der Waals surface area (Å²) in [5.41, 5.74) is 2.68. The molecule has 24 heavy (non-hydrogen) atoms. The summed E-state index contributed by atoms with van der Waals surface area (Å²) in [6, 6.07) is 10.5. The first-order chi connectivity index (χ1) is 11.4. The molecule has 2 N–H and O–H groups in total. The van der Waals surface area contributed by atoms with Gasteiger partial charge in [-0.25, -0.2) is 5.43 Å². The topological polar surface area (TPSA) is 114 Å². The molecule has 2 aromatic rings. The number of nitrogens with zero attached hydrogens (tertiary/aromatic N) is 2. The molecule has 0 aliphatic heterocycles. The van der Waals surface area contributed by atoms with E-state index in [1.54, 1.807) is 24.3 Å². The Morgan fingerprint density at radius 2 is 1.92 bits per heavy atom. The van der Waals surface area contributed by atoms with Crippen molar-refractivity contribution in [1.29, 1.82) is 0 Å². The van der Waals surface area contributed by atoms with Crippen molar-refractivity contribution in [3.63, 3.8) is 0 Å². The number of aromatic hydroxyl groups is 1. The summed E-state index contributed by atoms with van der Waals surface area (Å²) < 4.78 is 5.01. The highest BCUT2D eigenvalue weighted by atomic mass is 16.6. The maximum atomic E-state index is 12.0. The van der Waals surface area contributed by atoms with Crippen LogP contribution in [-0.2, 0) is 0 Å². The molecule has 0 atom stereocenters. The fraction of sp³-hybridized carbons (Fsp3) is 0.125. The Morgan fingerprint density at radius 1 is 1.25 bits per heavy atom. The average Bonchev–Trinajstić information content (AvgIpc) is 2.59. The van der Waals surface area contributed by atoms with Crippen molar-refractivity contribution in [3.8, 4) is 11.5 Å². The first kappa shape index (κ1) is 16.9. The molecule has 8 heteroatoms. The average molecular weight is 329 g/mol. The van der Waals surface area contributed by atoms with E-state index in [9.17, 15) is 20.0 Å². The normalized spacial score (nSPS) is 11.0. The molecule has 0 radical (unpaired) electrons. The number of phenols is 1. The predicted octanol–water partition coefficient (Wildman–Crippen LogP) is 2.46. The fourth-order valence-corrected chi connectivity index (χ4v) is 1.97. The lowest BCUT2D eigenvalue weighted by molar-refractivity contribution is -0.385. The lowest BCUT2D eigenvalue weighted by atomic mass is 10.1. The van der Waals surface area contributed by atoms with E-state index in [0.717, 1.165) is 0 Å². The number of rotatable bonds is 5. The molecule has 8 nitrogen and oxygen atoms in total. The van der Waals surface area contributed by atoms with Gasteiger partial charge in [0.05, 0.1) is 17.7 Å². The van der Waals surface area contributed by atoms with Gasteiger partial charge in [-0.2, -0.15) is 5.10 Å². The van der Waals surface area contributed by atoms with Gasteiger partial charge in [-0.1, -0.05) is 6.07 Å². The molecule has 0 aliphatic rings. The molecular weight excluding hydrogens is 314 g/mol. The largest absolute Gasteiger partial charge is 0.502 e. The van der Waals surface area contributed by atoms with Gasteiger partial charge >= 0.3 is 5.69 Å². The van der Waals surface area contributed by atoms with Gasteiger partial charge in [-0.15, -0.1) is 0 Å². The number of nitrogens with one attached hydrogen (secondary N) is 1. The summed E-state index contributed by atoms with van der Waals surface area (Å²) in [7, 11) is 1.52. The number of amides is 1. The Balaban J connectivity index is 2.18. The highest BCUT2D eigenvalue weighted by Gasteiger charge is 2.18. The quantitative estimate of drug-likeness (QED) is 0.497. The SMILES string of the molecule is COc1ccc(C(=O)NN=C(C)c2cccc([N+](=O)[O-])c2O)cc1. The highest BCUT2D eigenvalue weighted by molar-refractivity contribution is 6.03. The van der Waals surface area contributed by atoms with E-state index in [1.165, 1.54) is 32.2 Å². The highest BCUT2D eigenvalue weighted by Crippen LogP contribution is 2.29. The van der Waals surface area contributed by atoms with E-state index in [2.05, 4.69) is 10.5 Å². The second kappa shape index (κ2) is 7.23. The van der Waals surface area contributed by atoms with Crippen LogP contribution in [0.4, 0.5) is 5.69 Å². The minimum atomic E-state index is -0.692. The second-order valence-electron chi connectivity index (χ2n) is 4.80. The standard InChI is InChI=1S/C16H15N3O5/c1-10(13-4-3-5-14(15(13)20)19(22)23)17-18-16(21)11-6-8-12(24-2)9-7-11/h3-9,20H,1-2H3,(H,18,21). The molecule has 0 saturated carbocycles. The van der Waals surface area contributed by atoms with Crippen LogP contribution in [0.15, 0.2) is 47.6 Å². The van der Waals surface area contributed by atoms with Crippen molar-refractivity contribution in [1.82, 2.24) is 5.43 Å². The van der Waals surface area contributed by atoms with Crippen molar-refractivity contribution in [3.05, 3.63) is 63.7 Å². The number of ether oxygens (including phenoxy) is 1. The van der Waals surface area contributed by atoms with Gasteiger partial charge in [0.15, 0.2) is 0 Å². The number of carbonyl (C=O) groups excluding carboxylic acids is 1. The summed E-state index contributed by atoms with van der Waals surface area (Å²) >= 11 is 0. The first-order valence-electron chi connectivity index (χ1n) is 6.89. The molecule has 0 heterocycles. The van der Waals surface area contributed by atoms with Crippen molar-refractivity contribution in [2.24, 2.45) is 5.10 Å². The predicted molar refractivity (Wildman–Crippen MR) is 87.4 cm³/mol. The number of nitro groups is 1. The number of hydrazone groups is 1. The summed E-state index contributed by atoms with van der Waals surface area (Å²) in [4.78, 5) is 22.1. The number of hydrogen-bond donors (Lipinski definition) is 2. The molecule has 0 aliphatic carbocycles. The smallest absolute Gasteiger partial charge is 0.311 e. The number of phenolic OH excluding ortho intramolecular Hbond substituents is 1. The number of benzene rings is 2. The summed E-state index contributed by atoms with van der Waals surface area (Å²) in [5.74, 6) is -0.336. The van der Waals surface area contributed by atoms with Gasteiger partial charge in [0, 0.05) is 17.2 Å². The summed E-state index contributed by atoms with van der Waals surface area (Å²) in [5, 5.41) is 24.6. The molecule has 124 valence electrons. The number of nitro benzene ring substituents is 1. The number of carbonyl (C=O) groups is 1. The summed E-state index contributed by atoms with van der Waals surface area (Å²) in [6.07, 6.45) is 0. The van der Waals surface area contributed by atoms with Gasteiger partial charge < -0.3 is 9.84 Å². The van der Waals surface area contributed by atoms with E-state index < -0.39 is 22.3 Å². The molecule has 0 saturated heterocycles. The van der Waals surface area contributed by atoms with Crippen LogP contribution in [0.2, 0.25) is 0 Å². The van der Waals surface area contributed by atoms with E-state index in [1.807, 2.05) is 0 Å². The van der Waals surface area contributed by atoms with Crippen LogP contribution < -0.4 is 10.2 Å². The van der Waals surface area contributed by atoms with Gasteiger partial charge in [-0.3, -0.25) is 14.9 Å². The van der Waals surface area contributed by atoms with E-state index in [4.69, 9.17) is 4.74 Å². The van der Waals surface area contributed by atoms with Crippen LogP contribution in [0.1, 0.15) is 22.8 Å². The number of methoxy groups -OCH3 is 1. The van der Waals surface area contributed by atoms with Gasteiger partial charge in [0.25, 0.3) is 5.91 Å². The zero-order chi connectivity index (χ0) is 17.7. The minimum Gasteiger partial charge on any atom is -0.502 e. The minimum absolute atomic E-state index is 0.166. The van der Waals surface area contributed by atoms with Gasteiger partial charge in [0.2, 0.25) is 5.75 Å². The Labute approximate surface area is 137 Å².